The van der Waals surface area contributed by atoms with Crippen molar-refractivity contribution < 1.29 is 4.42 Å². The minimum Gasteiger partial charge on any atom is -0.460 e. The van der Waals surface area contributed by atoms with Crippen LogP contribution in [0, 0.1) is 0 Å². The zero-order chi connectivity index (χ0) is 17.1. The zero-order valence-electron chi connectivity index (χ0n) is 13.4. The predicted molar refractivity (Wildman–Crippen MR) is 99.1 cm³/mol. The van der Waals surface area contributed by atoms with E-state index in [9.17, 15) is 0 Å². The fraction of sp³-hybridized carbons (Fsp3) is 0.0476. The second-order valence-corrected chi connectivity index (χ2v) is 5.79. The van der Waals surface area contributed by atoms with Crippen LogP contribution in [0.15, 0.2) is 94.5 Å². The van der Waals surface area contributed by atoms with Crippen molar-refractivity contribution in [2.24, 2.45) is 5.11 Å². The molecule has 0 saturated carbocycles. The summed E-state index contributed by atoms with van der Waals surface area (Å²) < 4.78 is 5.96. The molecule has 0 fully saturated rings. The van der Waals surface area contributed by atoms with E-state index in [0.29, 0.717) is 5.76 Å². The fourth-order valence-electron chi connectivity index (χ4n) is 2.98. The van der Waals surface area contributed by atoms with Gasteiger partial charge in [-0.1, -0.05) is 71.8 Å². The van der Waals surface area contributed by atoms with Crippen LogP contribution in [0.1, 0.15) is 17.4 Å². The molecule has 4 rings (SSSR count). The number of azide groups is 1. The first-order valence-electron chi connectivity index (χ1n) is 8.03. The highest BCUT2D eigenvalue weighted by Gasteiger charge is 2.17. The molecule has 25 heavy (non-hydrogen) atoms. The van der Waals surface area contributed by atoms with Crippen molar-refractivity contribution in [3.8, 4) is 11.1 Å². The van der Waals surface area contributed by atoms with Gasteiger partial charge in [0.25, 0.3) is 0 Å². The van der Waals surface area contributed by atoms with Crippen molar-refractivity contribution in [1.29, 1.82) is 0 Å². The summed E-state index contributed by atoms with van der Waals surface area (Å²) in [5.74, 6) is 0.643. The average molecular weight is 325 g/mol. The van der Waals surface area contributed by atoms with Crippen LogP contribution in [0.3, 0.4) is 0 Å². The predicted octanol–water partition coefficient (Wildman–Crippen LogP) is 6.50. The number of fused-ring (bicyclic) bond motifs is 1. The monoisotopic (exact) mass is 325 g/mol. The number of hydrogen-bond donors (Lipinski definition) is 0. The van der Waals surface area contributed by atoms with E-state index in [1.807, 2.05) is 66.7 Å². The van der Waals surface area contributed by atoms with Crippen LogP contribution in [-0.4, -0.2) is 0 Å². The lowest BCUT2D eigenvalue weighted by molar-refractivity contribution is 0.524. The maximum Gasteiger partial charge on any atom is 0.134 e. The number of rotatable bonds is 4. The molecule has 1 atom stereocenters. The highest BCUT2D eigenvalue weighted by atomic mass is 16.3. The molecule has 1 unspecified atom stereocenters. The third-order valence-corrected chi connectivity index (χ3v) is 4.19. The number of furan rings is 1. The molecule has 0 N–H and O–H groups in total. The highest BCUT2D eigenvalue weighted by molar-refractivity contribution is 5.84. The largest absolute Gasteiger partial charge is 0.460 e. The van der Waals surface area contributed by atoms with Gasteiger partial charge in [0.2, 0.25) is 0 Å². The molecule has 4 nitrogen and oxygen atoms in total. The summed E-state index contributed by atoms with van der Waals surface area (Å²) >= 11 is 0. The molecule has 4 aromatic rings. The summed E-state index contributed by atoms with van der Waals surface area (Å²) in [6.07, 6.45) is 0. The minimum atomic E-state index is -0.473. The van der Waals surface area contributed by atoms with Crippen molar-refractivity contribution in [3.05, 3.63) is 107 Å². The van der Waals surface area contributed by atoms with E-state index in [1.165, 1.54) is 0 Å². The average Bonchev–Trinajstić information content (AvgIpc) is 3.10. The van der Waals surface area contributed by atoms with Crippen molar-refractivity contribution in [2.45, 2.75) is 6.04 Å². The topological polar surface area (TPSA) is 61.9 Å². The lowest BCUT2D eigenvalue weighted by Gasteiger charge is -2.07. The first kappa shape index (κ1) is 15.1. The first-order chi connectivity index (χ1) is 12.3. The Hall–Kier alpha value is -3.49. The lowest BCUT2D eigenvalue weighted by Crippen LogP contribution is -1.94. The van der Waals surface area contributed by atoms with Gasteiger partial charge in [-0.05, 0) is 40.4 Å². The van der Waals surface area contributed by atoms with E-state index >= 15 is 0 Å². The molecule has 3 aromatic carbocycles. The molecular weight excluding hydrogens is 310 g/mol. The molecule has 0 aliphatic heterocycles. The fourth-order valence-corrected chi connectivity index (χ4v) is 2.98. The second kappa shape index (κ2) is 6.56. The third kappa shape index (κ3) is 2.99. The Labute approximate surface area is 145 Å². The number of benzene rings is 3. The zero-order valence-corrected chi connectivity index (χ0v) is 13.4. The molecule has 120 valence electrons. The maximum atomic E-state index is 8.94. The molecule has 1 aromatic heterocycles. The lowest BCUT2D eigenvalue weighted by atomic mass is 10.0. The smallest absolute Gasteiger partial charge is 0.134 e. The summed E-state index contributed by atoms with van der Waals surface area (Å²) in [5.41, 5.74) is 12.9. The van der Waals surface area contributed by atoms with Crippen LogP contribution in [0.25, 0.3) is 32.5 Å². The standard InChI is InChI=1S/C21H15N3O/c22-24-23-21(16-9-5-2-6-10-16)20-14-18-13-17(11-12-19(18)25-20)15-7-3-1-4-8-15/h1-14,21H. The molecule has 0 aliphatic rings. The Bertz CT molecular complexity index is 1050. The molecule has 1 heterocycles. The first-order valence-corrected chi connectivity index (χ1v) is 8.03. The van der Waals surface area contributed by atoms with Crippen LogP contribution < -0.4 is 0 Å². The van der Waals surface area contributed by atoms with Crippen molar-refractivity contribution in [1.82, 2.24) is 0 Å². The van der Waals surface area contributed by atoms with Crippen molar-refractivity contribution >= 4 is 11.0 Å². The van der Waals surface area contributed by atoms with Gasteiger partial charge in [-0.25, -0.2) is 0 Å². The number of nitrogens with zero attached hydrogens (tertiary/aromatic N) is 3. The molecule has 0 radical (unpaired) electrons. The van der Waals surface area contributed by atoms with Gasteiger partial charge in [0.1, 0.15) is 17.4 Å². The van der Waals surface area contributed by atoms with Crippen molar-refractivity contribution in [3.63, 3.8) is 0 Å². The van der Waals surface area contributed by atoms with Crippen LogP contribution in [0.4, 0.5) is 0 Å². The SMILES string of the molecule is [N-]=[N+]=NC(c1ccccc1)c1cc2cc(-c3ccccc3)ccc2o1. The highest BCUT2D eigenvalue weighted by Crippen LogP contribution is 2.33. The summed E-state index contributed by atoms with van der Waals surface area (Å²) in [7, 11) is 0. The van der Waals surface area contributed by atoms with Gasteiger partial charge in [-0.15, -0.1) is 0 Å². The van der Waals surface area contributed by atoms with E-state index in [0.717, 1.165) is 27.7 Å². The van der Waals surface area contributed by atoms with Gasteiger partial charge in [0, 0.05) is 10.3 Å². The maximum absolute atomic E-state index is 8.94. The van der Waals surface area contributed by atoms with Gasteiger partial charge in [-0.2, -0.15) is 0 Å². The van der Waals surface area contributed by atoms with Gasteiger partial charge >= 0.3 is 0 Å². The Balaban J connectivity index is 1.79. The quantitative estimate of drug-likeness (QED) is 0.240. The van der Waals surface area contributed by atoms with E-state index in [2.05, 4.69) is 28.2 Å². The minimum absolute atomic E-state index is 0.473. The molecule has 0 aliphatic carbocycles. The van der Waals surface area contributed by atoms with E-state index in [-0.39, 0.29) is 0 Å². The molecule has 0 bridgehead atoms. The van der Waals surface area contributed by atoms with Crippen LogP contribution >= 0.6 is 0 Å². The summed E-state index contributed by atoms with van der Waals surface area (Å²) in [6, 6.07) is 27.4. The Kier molecular flexibility index (Phi) is 3.95. The number of hydrogen-bond acceptors (Lipinski definition) is 2. The molecule has 4 heteroatoms. The van der Waals surface area contributed by atoms with Gasteiger partial charge in [0.15, 0.2) is 0 Å². The molecule has 0 spiro atoms. The van der Waals surface area contributed by atoms with Gasteiger partial charge in [0.05, 0.1) is 0 Å². The van der Waals surface area contributed by atoms with Crippen molar-refractivity contribution in [2.75, 3.05) is 0 Å². The van der Waals surface area contributed by atoms with Crippen LogP contribution in [0.5, 0.6) is 0 Å². The summed E-state index contributed by atoms with van der Waals surface area (Å²) in [6.45, 7) is 0. The van der Waals surface area contributed by atoms with Gasteiger partial charge in [-0.3, -0.25) is 0 Å². The van der Waals surface area contributed by atoms with Crippen LogP contribution in [-0.2, 0) is 0 Å². The molecular formula is C21H15N3O. The van der Waals surface area contributed by atoms with E-state index < -0.39 is 6.04 Å². The van der Waals surface area contributed by atoms with E-state index in [1.54, 1.807) is 0 Å². The summed E-state index contributed by atoms with van der Waals surface area (Å²) in [4.78, 5) is 2.99. The normalized spacial score (nSPS) is 11.8. The third-order valence-electron chi connectivity index (χ3n) is 4.19. The molecule has 0 amide bonds. The van der Waals surface area contributed by atoms with E-state index in [4.69, 9.17) is 9.95 Å². The van der Waals surface area contributed by atoms with Gasteiger partial charge < -0.3 is 4.42 Å². The second-order valence-electron chi connectivity index (χ2n) is 5.79. The summed E-state index contributed by atoms with van der Waals surface area (Å²) in [5, 5.41) is 4.92. The molecule has 0 saturated heterocycles. The Morgan fingerprint density at radius 3 is 2.24 bits per heavy atom. The Morgan fingerprint density at radius 1 is 0.800 bits per heavy atom. The van der Waals surface area contributed by atoms with Crippen LogP contribution in [0.2, 0.25) is 0 Å². The Morgan fingerprint density at radius 2 is 1.52 bits per heavy atom.